The number of hydrogen-bond acceptors (Lipinski definition) is 1. The van der Waals surface area contributed by atoms with Crippen molar-refractivity contribution in [3.8, 4) is 0 Å². The molecule has 0 amide bonds. The summed E-state index contributed by atoms with van der Waals surface area (Å²) in [5.41, 5.74) is 1.05. The molecule has 1 aromatic rings. The standard InChI is InChI=1S/C12H22FNS2/c1-15(2,3)12(16(4,5)6)11-8-7-10(13)9-14-11/h7-9,12H,1-6H3. The maximum absolute atomic E-state index is 12.9. The number of nitrogens with zero attached hydrogens (tertiary/aromatic N) is 1. The van der Waals surface area contributed by atoms with Crippen molar-refractivity contribution in [2.45, 2.75) is 4.58 Å². The summed E-state index contributed by atoms with van der Waals surface area (Å²) in [4.78, 5) is 4.28. The molecule has 0 aromatic carbocycles. The zero-order chi connectivity index (χ0) is 12.6. The molecule has 0 spiro atoms. The third-order valence-corrected chi connectivity index (χ3v) is 8.79. The summed E-state index contributed by atoms with van der Waals surface area (Å²) < 4.78 is 13.4. The van der Waals surface area contributed by atoms with Gasteiger partial charge in [0, 0.05) is 0 Å². The van der Waals surface area contributed by atoms with Gasteiger partial charge >= 0.3 is 0 Å². The molecule has 1 heterocycles. The lowest BCUT2D eigenvalue weighted by Gasteiger charge is -2.47. The molecule has 0 saturated heterocycles. The summed E-state index contributed by atoms with van der Waals surface area (Å²) in [5.74, 6) is -0.254. The summed E-state index contributed by atoms with van der Waals surface area (Å²) in [7, 11) is -1.47. The highest BCUT2D eigenvalue weighted by Crippen LogP contribution is 2.68. The maximum atomic E-state index is 12.9. The number of aromatic nitrogens is 1. The first-order valence-electron chi connectivity index (χ1n) is 5.08. The van der Waals surface area contributed by atoms with Crippen LogP contribution in [0.1, 0.15) is 10.3 Å². The zero-order valence-electron chi connectivity index (χ0n) is 11.0. The highest BCUT2D eigenvalue weighted by atomic mass is 32.3. The Morgan fingerprint density at radius 2 is 1.50 bits per heavy atom. The van der Waals surface area contributed by atoms with E-state index < -0.39 is 20.1 Å². The number of hydrogen-bond donors (Lipinski definition) is 0. The highest BCUT2D eigenvalue weighted by molar-refractivity contribution is 8.47. The molecule has 1 aromatic heterocycles. The van der Waals surface area contributed by atoms with Crippen molar-refractivity contribution >= 4 is 20.1 Å². The lowest BCUT2D eigenvalue weighted by Crippen LogP contribution is -2.15. The van der Waals surface area contributed by atoms with Gasteiger partial charge in [0.15, 0.2) is 0 Å². The molecular formula is C12H22FNS2. The van der Waals surface area contributed by atoms with Gasteiger partial charge in [-0.3, -0.25) is 4.98 Å². The van der Waals surface area contributed by atoms with Gasteiger partial charge < -0.3 is 0 Å². The van der Waals surface area contributed by atoms with E-state index in [0.717, 1.165) is 5.69 Å². The second kappa shape index (κ2) is 4.57. The van der Waals surface area contributed by atoms with Crippen LogP contribution in [0.3, 0.4) is 0 Å². The van der Waals surface area contributed by atoms with Crippen LogP contribution < -0.4 is 0 Å². The van der Waals surface area contributed by atoms with E-state index >= 15 is 0 Å². The first kappa shape index (κ1) is 13.8. The smallest absolute Gasteiger partial charge is 0.141 e. The van der Waals surface area contributed by atoms with Crippen molar-refractivity contribution < 1.29 is 4.39 Å². The minimum Gasteiger partial charge on any atom is -0.256 e. The molecule has 0 N–H and O–H groups in total. The van der Waals surface area contributed by atoms with Crippen molar-refractivity contribution in [3.05, 3.63) is 29.8 Å². The van der Waals surface area contributed by atoms with Gasteiger partial charge in [0.05, 0.1) is 16.5 Å². The van der Waals surface area contributed by atoms with Crippen LogP contribution in [0.15, 0.2) is 18.3 Å². The second-order valence-corrected chi connectivity index (χ2v) is 14.6. The summed E-state index contributed by atoms with van der Waals surface area (Å²) in [6.07, 6.45) is 15.2. The molecule has 0 aliphatic carbocycles. The molecule has 1 nitrogen and oxygen atoms in total. The molecule has 0 unspecified atom stereocenters. The Morgan fingerprint density at radius 1 is 1.00 bits per heavy atom. The molecule has 0 aliphatic rings. The molecule has 0 saturated carbocycles. The number of rotatable bonds is 3. The van der Waals surface area contributed by atoms with Gasteiger partial charge in [0.1, 0.15) is 5.82 Å². The van der Waals surface area contributed by atoms with Crippen LogP contribution in [-0.4, -0.2) is 42.5 Å². The average molecular weight is 263 g/mol. The molecule has 0 atom stereocenters. The van der Waals surface area contributed by atoms with E-state index in [1.807, 2.05) is 6.07 Å². The van der Waals surface area contributed by atoms with Crippen LogP contribution >= 0.6 is 20.1 Å². The Morgan fingerprint density at radius 3 is 1.81 bits per heavy atom. The summed E-state index contributed by atoms with van der Waals surface area (Å²) >= 11 is 0. The van der Waals surface area contributed by atoms with Gasteiger partial charge in [-0.05, 0) is 49.7 Å². The predicted molar refractivity (Wildman–Crippen MR) is 77.7 cm³/mol. The normalized spacial score (nSPS) is 15.2. The Hall–Kier alpha value is -0.220. The van der Waals surface area contributed by atoms with Crippen molar-refractivity contribution in [1.82, 2.24) is 4.98 Å². The van der Waals surface area contributed by atoms with Crippen LogP contribution in [-0.2, 0) is 0 Å². The Labute approximate surface area is 101 Å². The van der Waals surface area contributed by atoms with E-state index in [-0.39, 0.29) is 5.82 Å². The lowest BCUT2D eigenvalue weighted by molar-refractivity contribution is 0.620. The highest BCUT2D eigenvalue weighted by Gasteiger charge is 2.31. The minimum absolute atomic E-state index is 0.254. The molecule has 0 bridgehead atoms. The fraction of sp³-hybridized carbons (Fsp3) is 0.583. The summed E-state index contributed by atoms with van der Waals surface area (Å²) in [6, 6.07) is 3.36. The van der Waals surface area contributed by atoms with Gasteiger partial charge in [-0.15, -0.1) is 0 Å². The van der Waals surface area contributed by atoms with Gasteiger partial charge in [-0.25, -0.2) is 24.4 Å². The fourth-order valence-corrected chi connectivity index (χ4v) is 10.8. The molecule has 94 valence electrons. The molecule has 1 rings (SSSR count). The van der Waals surface area contributed by atoms with E-state index in [1.165, 1.54) is 12.3 Å². The predicted octanol–water partition coefficient (Wildman–Crippen LogP) is 3.61. The molecule has 16 heavy (non-hydrogen) atoms. The topological polar surface area (TPSA) is 12.9 Å². The summed E-state index contributed by atoms with van der Waals surface area (Å²) in [5, 5.41) is 0. The van der Waals surface area contributed by atoms with E-state index in [2.05, 4.69) is 42.5 Å². The van der Waals surface area contributed by atoms with Crippen molar-refractivity contribution in [2.75, 3.05) is 37.5 Å². The Kier molecular flexibility index (Phi) is 3.95. The van der Waals surface area contributed by atoms with Gasteiger partial charge in [0.2, 0.25) is 0 Å². The molecule has 0 radical (unpaired) electrons. The lowest BCUT2D eigenvalue weighted by atomic mass is 10.4. The molecule has 0 fully saturated rings. The van der Waals surface area contributed by atoms with Crippen LogP contribution in [0.4, 0.5) is 4.39 Å². The van der Waals surface area contributed by atoms with Gasteiger partial charge in [-0.1, -0.05) is 0 Å². The third-order valence-electron chi connectivity index (χ3n) is 2.28. The van der Waals surface area contributed by atoms with Crippen LogP contribution in [0.5, 0.6) is 0 Å². The van der Waals surface area contributed by atoms with Crippen molar-refractivity contribution in [1.29, 1.82) is 0 Å². The average Bonchev–Trinajstić information content (AvgIpc) is 2.03. The van der Waals surface area contributed by atoms with Gasteiger partial charge in [0.25, 0.3) is 0 Å². The van der Waals surface area contributed by atoms with E-state index in [0.29, 0.717) is 4.58 Å². The van der Waals surface area contributed by atoms with E-state index in [9.17, 15) is 4.39 Å². The maximum Gasteiger partial charge on any atom is 0.141 e. The van der Waals surface area contributed by atoms with Crippen LogP contribution in [0.2, 0.25) is 0 Å². The monoisotopic (exact) mass is 263 g/mol. The van der Waals surface area contributed by atoms with E-state index in [1.54, 1.807) is 0 Å². The fourth-order valence-electron chi connectivity index (χ4n) is 2.12. The van der Waals surface area contributed by atoms with E-state index in [4.69, 9.17) is 0 Å². The van der Waals surface area contributed by atoms with Crippen molar-refractivity contribution in [2.24, 2.45) is 0 Å². The Bertz CT molecular complexity index is 335. The first-order chi connectivity index (χ1) is 7.12. The van der Waals surface area contributed by atoms with Crippen LogP contribution in [0, 0.1) is 5.82 Å². The number of halogens is 1. The summed E-state index contributed by atoms with van der Waals surface area (Å²) in [6.45, 7) is 0. The Balaban J connectivity index is 3.18. The minimum atomic E-state index is -0.736. The first-order valence-corrected chi connectivity index (χ1v) is 10.9. The second-order valence-electron chi connectivity index (χ2n) is 5.60. The molecule has 4 heteroatoms. The molecule has 0 aliphatic heterocycles. The van der Waals surface area contributed by atoms with Crippen LogP contribution in [0.25, 0.3) is 0 Å². The SMILES string of the molecule is CS(C)(C)C(c1ccc(F)cn1)S(C)(C)C. The quantitative estimate of drug-likeness (QED) is 0.812. The molecular weight excluding hydrogens is 241 g/mol. The largest absolute Gasteiger partial charge is 0.256 e. The number of pyridine rings is 1. The third kappa shape index (κ3) is 3.39. The van der Waals surface area contributed by atoms with Gasteiger partial charge in [-0.2, -0.15) is 0 Å². The van der Waals surface area contributed by atoms with Crippen molar-refractivity contribution in [3.63, 3.8) is 0 Å². The zero-order valence-corrected chi connectivity index (χ0v) is 12.6.